The Labute approximate surface area is 243 Å². The Balaban J connectivity index is 1.32. The number of carbonyl (C=O) groups excluding carboxylic acids is 2. The van der Waals surface area contributed by atoms with Gasteiger partial charge in [-0.1, -0.05) is 36.4 Å². The van der Waals surface area contributed by atoms with E-state index in [0.29, 0.717) is 28.8 Å². The summed E-state index contributed by atoms with van der Waals surface area (Å²) < 4.78 is 13.4. The third kappa shape index (κ3) is 5.04. The number of rotatable bonds is 7. The number of para-hydroxylation sites is 2. The minimum absolute atomic E-state index is 0.0596. The first-order chi connectivity index (χ1) is 19.5. The van der Waals surface area contributed by atoms with E-state index < -0.39 is 11.8 Å². The van der Waals surface area contributed by atoms with Gasteiger partial charge in [0.05, 0.1) is 28.2 Å². The summed E-state index contributed by atoms with van der Waals surface area (Å²) in [4.78, 5) is 34.7. The predicted octanol–water partition coefficient (Wildman–Crippen LogP) is 7.19. The number of nitrogens with zero attached hydrogens (tertiary/aromatic N) is 3. The molecule has 3 heterocycles. The zero-order chi connectivity index (χ0) is 27.6. The van der Waals surface area contributed by atoms with Gasteiger partial charge in [-0.25, -0.2) is 4.98 Å². The molecular weight excluding hydrogens is 563 g/mol. The lowest BCUT2D eigenvalue weighted by Crippen LogP contribution is -2.56. The molecule has 1 fully saturated rings. The Bertz CT molecular complexity index is 1700. The summed E-state index contributed by atoms with van der Waals surface area (Å²) in [6.45, 7) is 2.54. The van der Waals surface area contributed by atoms with E-state index in [1.807, 2.05) is 61.5 Å². The summed E-state index contributed by atoms with van der Waals surface area (Å²) in [6, 6.07) is 27.4. The van der Waals surface area contributed by atoms with E-state index in [-0.39, 0.29) is 10.7 Å². The van der Waals surface area contributed by atoms with Crippen molar-refractivity contribution in [2.75, 3.05) is 16.4 Å². The Kier molecular flexibility index (Phi) is 7.21. The number of fused-ring (bicyclic) bond motifs is 1. The van der Waals surface area contributed by atoms with Crippen LogP contribution in [0.25, 0.3) is 16.3 Å². The lowest BCUT2D eigenvalue weighted by Gasteiger charge is -2.36. The number of hydrogen-bond donors (Lipinski definition) is 0. The highest BCUT2D eigenvalue weighted by molar-refractivity contribution is 8.01. The molecule has 10 heteroatoms. The highest BCUT2D eigenvalue weighted by Crippen LogP contribution is 2.37. The van der Waals surface area contributed by atoms with E-state index >= 15 is 0 Å². The maximum absolute atomic E-state index is 13.7. The number of benzene rings is 3. The van der Waals surface area contributed by atoms with E-state index in [0.717, 1.165) is 20.3 Å². The molecule has 0 unspecified atom stereocenters. The van der Waals surface area contributed by atoms with Crippen molar-refractivity contribution in [3.8, 4) is 5.75 Å². The van der Waals surface area contributed by atoms with Crippen LogP contribution in [0.5, 0.6) is 5.75 Å². The standard InChI is InChI=1S/C30H21N3O4S3/c1-2-36-21-13-15-24-25(18-21)39-29(31-24)40-26-16-14-22(37-26)17-23-27(34)32(19-9-5-3-6-10-19)30(38)33(28(23)35)20-11-7-4-8-12-20/h3-18H,2H2,1H3. The van der Waals surface area contributed by atoms with E-state index in [1.54, 1.807) is 36.4 Å². The number of thiocarbonyl (C=S) groups is 1. The molecule has 3 aromatic carbocycles. The molecule has 0 atom stereocenters. The second-order valence-corrected chi connectivity index (χ2v) is 11.2. The molecule has 6 rings (SSSR count). The topological polar surface area (TPSA) is 75.9 Å². The lowest BCUT2D eigenvalue weighted by molar-refractivity contribution is -0.120. The molecular formula is C30H21N3O4S3. The fourth-order valence-corrected chi connectivity index (χ4v) is 6.59. The molecule has 0 saturated carbocycles. The van der Waals surface area contributed by atoms with Crippen molar-refractivity contribution >= 4 is 79.9 Å². The van der Waals surface area contributed by atoms with Crippen LogP contribution in [0.3, 0.4) is 0 Å². The van der Waals surface area contributed by atoms with Crippen molar-refractivity contribution in [1.82, 2.24) is 4.98 Å². The Morgan fingerprint density at radius 1 is 0.925 bits per heavy atom. The lowest BCUT2D eigenvalue weighted by atomic mass is 10.1. The van der Waals surface area contributed by atoms with Crippen molar-refractivity contribution in [3.63, 3.8) is 0 Å². The van der Waals surface area contributed by atoms with Crippen LogP contribution in [0.4, 0.5) is 11.4 Å². The van der Waals surface area contributed by atoms with Gasteiger partial charge in [0.1, 0.15) is 17.1 Å². The second kappa shape index (κ2) is 11.1. The summed E-state index contributed by atoms with van der Waals surface area (Å²) in [6.07, 6.45) is 1.47. The zero-order valence-electron chi connectivity index (χ0n) is 21.1. The first-order valence-corrected chi connectivity index (χ1v) is 14.4. The quantitative estimate of drug-likeness (QED) is 0.114. The average Bonchev–Trinajstić information content (AvgIpc) is 3.58. The van der Waals surface area contributed by atoms with Crippen LogP contribution in [0.2, 0.25) is 0 Å². The normalized spacial score (nSPS) is 13.8. The maximum atomic E-state index is 13.7. The molecule has 0 spiro atoms. The van der Waals surface area contributed by atoms with Gasteiger partial charge in [0.15, 0.2) is 14.5 Å². The van der Waals surface area contributed by atoms with Gasteiger partial charge in [-0.2, -0.15) is 0 Å². The molecule has 0 N–H and O–H groups in total. The fourth-order valence-electron chi connectivity index (χ4n) is 4.22. The fraction of sp³-hybridized carbons (Fsp3) is 0.0667. The summed E-state index contributed by atoms with van der Waals surface area (Å²) in [5.41, 5.74) is 1.95. The average molecular weight is 584 g/mol. The summed E-state index contributed by atoms with van der Waals surface area (Å²) in [7, 11) is 0. The monoisotopic (exact) mass is 583 g/mol. The van der Waals surface area contributed by atoms with E-state index in [1.165, 1.54) is 39.0 Å². The number of thiazole rings is 1. The highest BCUT2D eigenvalue weighted by Gasteiger charge is 2.41. The molecule has 40 heavy (non-hydrogen) atoms. The number of furan rings is 1. The summed E-state index contributed by atoms with van der Waals surface area (Å²) in [5, 5.41) is 0.672. The van der Waals surface area contributed by atoms with Crippen molar-refractivity contribution < 1.29 is 18.7 Å². The zero-order valence-corrected chi connectivity index (χ0v) is 23.6. The van der Waals surface area contributed by atoms with Crippen LogP contribution < -0.4 is 14.5 Å². The highest BCUT2D eigenvalue weighted by atomic mass is 32.2. The molecule has 198 valence electrons. The molecule has 7 nitrogen and oxygen atoms in total. The van der Waals surface area contributed by atoms with Crippen LogP contribution in [0.15, 0.2) is 110 Å². The number of aromatic nitrogens is 1. The van der Waals surface area contributed by atoms with Crippen molar-refractivity contribution in [1.29, 1.82) is 0 Å². The number of hydrogen-bond acceptors (Lipinski definition) is 8. The molecule has 1 saturated heterocycles. The second-order valence-electron chi connectivity index (χ2n) is 8.59. The minimum atomic E-state index is -0.518. The van der Waals surface area contributed by atoms with Crippen molar-refractivity contribution in [3.05, 3.63) is 102 Å². The summed E-state index contributed by atoms with van der Waals surface area (Å²) in [5.74, 6) is 0.135. The Morgan fingerprint density at radius 2 is 1.57 bits per heavy atom. The number of anilines is 2. The van der Waals surface area contributed by atoms with Gasteiger partial charge in [0.25, 0.3) is 11.8 Å². The van der Waals surface area contributed by atoms with Crippen LogP contribution >= 0.6 is 35.3 Å². The molecule has 1 aliphatic rings. The molecule has 1 aliphatic heterocycles. The van der Waals surface area contributed by atoms with Gasteiger partial charge < -0.3 is 9.15 Å². The Morgan fingerprint density at radius 3 is 2.20 bits per heavy atom. The molecule has 0 radical (unpaired) electrons. The smallest absolute Gasteiger partial charge is 0.270 e. The van der Waals surface area contributed by atoms with Gasteiger partial charge in [0.2, 0.25) is 0 Å². The molecule has 2 aromatic heterocycles. The van der Waals surface area contributed by atoms with Gasteiger partial charge in [-0.15, -0.1) is 11.3 Å². The van der Waals surface area contributed by atoms with Crippen molar-refractivity contribution in [2.45, 2.75) is 16.4 Å². The van der Waals surface area contributed by atoms with Gasteiger partial charge in [-0.3, -0.25) is 19.4 Å². The third-order valence-electron chi connectivity index (χ3n) is 6.01. The van der Waals surface area contributed by atoms with Gasteiger partial charge in [-0.05, 0) is 91.6 Å². The van der Waals surface area contributed by atoms with Crippen LogP contribution in [-0.4, -0.2) is 28.5 Å². The van der Waals surface area contributed by atoms with E-state index in [9.17, 15) is 9.59 Å². The van der Waals surface area contributed by atoms with Crippen LogP contribution in [-0.2, 0) is 9.59 Å². The molecule has 5 aromatic rings. The number of amides is 2. The first kappa shape index (κ1) is 26.0. The number of carbonyl (C=O) groups is 2. The minimum Gasteiger partial charge on any atom is -0.494 e. The maximum Gasteiger partial charge on any atom is 0.270 e. The molecule has 0 bridgehead atoms. The predicted molar refractivity (Wildman–Crippen MR) is 162 cm³/mol. The number of ether oxygens (including phenoxy) is 1. The van der Waals surface area contributed by atoms with Crippen LogP contribution in [0.1, 0.15) is 12.7 Å². The SMILES string of the molecule is CCOc1ccc2nc(Sc3ccc(C=C4C(=O)N(c5ccccc5)C(=S)N(c5ccccc5)C4=O)o3)sc2c1. The van der Waals surface area contributed by atoms with Gasteiger partial charge in [0, 0.05) is 0 Å². The summed E-state index contributed by atoms with van der Waals surface area (Å²) >= 11 is 8.56. The first-order valence-electron chi connectivity index (χ1n) is 12.4. The van der Waals surface area contributed by atoms with E-state index in [4.69, 9.17) is 21.4 Å². The molecule has 0 aliphatic carbocycles. The molecule has 2 amide bonds. The third-order valence-corrected chi connectivity index (χ3v) is 8.37. The van der Waals surface area contributed by atoms with Crippen molar-refractivity contribution in [2.24, 2.45) is 0 Å². The largest absolute Gasteiger partial charge is 0.494 e. The van der Waals surface area contributed by atoms with E-state index in [2.05, 4.69) is 4.98 Å². The van der Waals surface area contributed by atoms with Gasteiger partial charge >= 0.3 is 0 Å². The van der Waals surface area contributed by atoms with Crippen LogP contribution in [0, 0.1) is 0 Å². The Hall–Kier alpha value is -4.25.